The second kappa shape index (κ2) is 3.26. The second-order valence-electron chi connectivity index (χ2n) is 3.44. The van der Waals surface area contributed by atoms with Crippen molar-refractivity contribution in [3.05, 3.63) is 23.8 Å². The first-order valence-corrected chi connectivity index (χ1v) is 4.56. The largest absolute Gasteiger partial charge is 0.398 e. The highest BCUT2D eigenvalue weighted by atomic mass is 16.3. The number of aliphatic hydroxyl groups is 1. The van der Waals surface area contributed by atoms with Crippen LogP contribution in [0.4, 0.5) is 11.4 Å². The third-order valence-electron chi connectivity index (χ3n) is 2.54. The van der Waals surface area contributed by atoms with E-state index in [4.69, 9.17) is 10.8 Å². The lowest BCUT2D eigenvalue weighted by Gasteiger charge is -2.26. The van der Waals surface area contributed by atoms with Crippen molar-refractivity contribution in [1.29, 1.82) is 0 Å². The van der Waals surface area contributed by atoms with Crippen LogP contribution in [-0.4, -0.2) is 17.8 Å². The number of aliphatic hydroxyl groups excluding tert-OH is 1. The fourth-order valence-electron chi connectivity index (χ4n) is 1.77. The topological polar surface area (TPSA) is 58.3 Å². The highest BCUT2D eigenvalue weighted by Crippen LogP contribution is 2.28. The molecule has 3 nitrogen and oxygen atoms in total. The number of hydrogen-bond acceptors (Lipinski definition) is 3. The zero-order valence-electron chi connectivity index (χ0n) is 7.46. The van der Waals surface area contributed by atoms with E-state index in [9.17, 15) is 0 Å². The van der Waals surface area contributed by atoms with Crippen LogP contribution in [0.5, 0.6) is 0 Å². The molecule has 1 atom stereocenters. The summed E-state index contributed by atoms with van der Waals surface area (Å²) in [6.45, 7) is 0.189. The van der Waals surface area contributed by atoms with Gasteiger partial charge in [0.25, 0.3) is 0 Å². The molecule has 70 valence electrons. The Hall–Kier alpha value is -1.22. The molecule has 1 heterocycles. The zero-order chi connectivity index (χ0) is 9.26. The summed E-state index contributed by atoms with van der Waals surface area (Å²) in [6.07, 6.45) is 1.91. The first-order valence-electron chi connectivity index (χ1n) is 4.56. The number of nitrogens with one attached hydrogen (secondary N) is 1. The normalized spacial score (nSPS) is 20.5. The molecule has 0 aromatic heterocycles. The fraction of sp³-hybridized carbons (Fsp3) is 0.400. The molecule has 0 saturated heterocycles. The molecule has 1 aliphatic heterocycles. The van der Waals surface area contributed by atoms with Gasteiger partial charge in [0.2, 0.25) is 0 Å². The van der Waals surface area contributed by atoms with E-state index in [1.54, 1.807) is 0 Å². The van der Waals surface area contributed by atoms with Gasteiger partial charge in [-0.15, -0.1) is 0 Å². The van der Waals surface area contributed by atoms with Gasteiger partial charge < -0.3 is 16.2 Å². The van der Waals surface area contributed by atoms with Gasteiger partial charge in [-0.3, -0.25) is 0 Å². The SMILES string of the molecule is Nc1cccc2c1CCC(CO)N2. The van der Waals surface area contributed by atoms with Crippen molar-refractivity contribution in [2.24, 2.45) is 0 Å². The minimum atomic E-state index is 0.189. The predicted octanol–water partition coefficient (Wildman–Crippen LogP) is 0.988. The molecule has 4 N–H and O–H groups in total. The van der Waals surface area contributed by atoms with Crippen LogP contribution in [0.3, 0.4) is 0 Å². The van der Waals surface area contributed by atoms with Crippen LogP contribution in [-0.2, 0) is 6.42 Å². The Kier molecular flexibility index (Phi) is 2.10. The fourth-order valence-corrected chi connectivity index (χ4v) is 1.77. The van der Waals surface area contributed by atoms with Gasteiger partial charge in [0, 0.05) is 17.4 Å². The van der Waals surface area contributed by atoms with E-state index in [1.165, 1.54) is 5.56 Å². The van der Waals surface area contributed by atoms with Crippen LogP contribution in [0.25, 0.3) is 0 Å². The van der Waals surface area contributed by atoms with Crippen LogP contribution in [0.2, 0.25) is 0 Å². The lowest BCUT2D eigenvalue weighted by Crippen LogP contribution is -2.29. The van der Waals surface area contributed by atoms with Crippen molar-refractivity contribution in [3.8, 4) is 0 Å². The molecule has 1 aromatic carbocycles. The monoisotopic (exact) mass is 178 g/mol. The molecule has 13 heavy (non-hydrogen) atoms. The number of nitrogen functional groups attached to an aromatic ring is 1. The smallest absolute Gasteiger partial charge is 0.0632 e. The van der Waals surface area contributed by atoms with Gasteiger partial charge in [0.1, 0.15) is 0 Å². The molecule has 0 bridgehead atoms. The van der Waals surface area contributed by atoms with E-state index in [0.717, 1.165) is 24.2 Å². The van der Waals surface area contributed by atoms with Gasteiger partial charge in [0.05, 0.1) is 6.61 Å². The van der Waals surface area contributed by atoms with E-state index in [2.05, 4.69) is 5.32 Å². The zero-order valence-corrected chi connectivity index (χ0v) is 7.46. The average Bonchev–Trinajstić information content (AvgIpc) is 2.18. The van der Waals surface area contributed by atoms with Crippen molar-refractivity contribution in [3.63, 3.8) is 0 Å². The number of benzene rings is 1. The molecule has 0 saturated carbocycles. The van der Waals surface area contributed by atoms with Crippen LogP contribution in [0.15, 0.2) is 18.2 Å². The number of hydrogen-bond donors (Lipinski definition) is 3. The number of nitrogens with two attached hydrogens (primary N) is 1. The van der Waals surface area contributed by atoms with Gasteiger partial charge in [-0.1, -0.05) is 6.07 Å². The Morgan fingerprint density at radius 2 is 2.38 bits per heavy atom. The van der Waals surface area contributed by atoms with E-state index >= 15 is 0 Å². The maximum atomic E-state index is 8.99. The maximum Gasteiger partial charge on any atom is 0.0632 e. The van der Waals surface area contributed by atoms with E-state index in [-0.39, 0.29) is 12.6 Å². The van der Waals surface area contributed by atoms with Crippen LogP contribution < -0.4 is 11.1 Å². The lowest BCUT2D eigenvalue weighted by atomic mass is 9.97. The van der Waals surface area contributed by atoms with E-state index in [1.807, 2.05) is 18.2 Å². The summed E-state index contributed by atoms with van der Waals surface area (Å²) < 4.78 is 0. The van der Waals surface area contributed by atoms with Crippen molar-refractivity contribution in [2.75, 3.05) is 17.7 Å². The molecule has 0 radical (unpaired) electrons. The van der Waals surface area contributed by atoms with E-state index < -0.39 is 0 Å². The standard InChI is InChI=1S/C10H14N2O/c11-9-2-1-3-10-8(9)5-4-7(6-13)12-10/h1-3,7,12-13H,4-6,11H2. The lowest BCUT2D eigenvalue weighted by molar-refractivity contribution is 0.267. The summed E-state index contributed by atoms with van der Waals surface area (Å²) in [4.78, 5) is 0. The van der Waals surface area contributed by atoms with Crippen molar-refractivity contribution >= 4 is 11.4 Å². The highest BCUT2D eigenvalue weighted by Gasteiger charge is 2.17. The van der Waals surface area contributed by atoms with Crippen molar-refractivity contribution < 1.29 is 5.11 Å². The molecule has 0 fully saturated rings. The Labute approximate surface area is 77.6 Å². The molecule has 0 aliphatic carbocycles. The molecular formula is C10H14N2O. The van der Waals surface area contributed by atoms with Crippen molar-refractivity contribution in [2.45, 2.75) is 18.9 Å². The molecule has 1 aromatic rings. The minimum Gasteiger partial charge on any atom is -0.398 e. The van der Waals surface area contributed by atoms with Gasteiger partial charge >= 0.3 is 0 Å². The molecule has 1 aliphatic rings. The van der Waals surface area contributed by atoms with Crippen LogP contribution in [0, 0.1) is 0 Å². The first kappa shape index (κ1) is 8.38. The average molecular weight is 178 g/mol. The summed E-state index contributed by atoms with van der Waals surface area (Å²) >= 11 is 0. The molecule has 2 rings (SSSR count). The summed E-state index contributed by atoms with van der Waals surface area (Å²) in [5.41, 5.74) is 8.94. The maximum absolute atomic E-state index is 8.99. The highest BCUT2D eigenvalue weighted by molar-refractivity contribution is 5.65. The van der Waals surface area contributed by atoms with Gasteiger partial charge in [0.15, 0.2) is 0 Å². The Balaban J connectivity index is 2.31. The third kappa shape index (κ3) is 1.47. The summed E-state index contributed by atoms with van der Waals surface area (Å²) in [7, 11) is 0. The van der Waals surface area contributed by atoms with Crippen LogP contribution >= 0.6 is 0 Å². The number of anilines is 2. The summed E-state index contributed by atoms with van der Waals surface area (Å²) in [5.74, 6) is 0. The second-order valence-corrected chi connectivity index (χ2v) is 3.44. The van der Waals surface area contributed by atoms with Crippen LogP contribution in [0.1, 0.15) is 12.0 Å². The Bertz CT molecular complexity index is 312. The summed E-state index contributed by atoms with van der Waals surface area (Å²) in [6, 6.07) is 6.04. The number of rotatable bonds is 1. The predicted molar refractivity (Wildman–Crippen MR) is 53.7 cm³/mol. The minimum absolute atomic E-state index is 0.189. The third-order valence-corrected chi connectivity index (χ3v) is 2.54. The molecule has 0 spiro atoms. The van der Waals surface area contributed by atoms with E-state index in [0.29, 0.717) is 0 Å². The molecule has 3 heteroatoms. The molecular weight excluding hydrogens is 164 g/mol. The van der Waals surface area contributed by atoms with Crippen molar-refractivity contribution in [1.82, 2.24) is 0 Å². The first-order chi connectivity index (χ1) is 6.31. The molecule has 0 amide bonds. The van der Waals surface area contributed by atoms with Gasteiger partial charge in [-0.05, 0) is 30.5 Å². The Morgan fingerprint density at radius 1 is 1.54 bits per heavy atom. The quantitative estimate of drug-likeness (QED) is 0.562. The number of fused-ring (bicyclic) bond motifs is 1. The molecule has 1 unspecified atom stereocenters. The van der Waals surface area contributed by atoms with Gasteiger partial charge in [-0.2, -0.15) is 0 Å². The van der Waals surface area contributed by atoms with Gasteiger partial charge in [-0.25, -0.2) is 0 Å². The Morgan fingerprint density at radius 3 is 3.15 bits per heavy atom. The summed E-state index contributed by atoms with van der Waals surface area (Å²) in [5, 5.41) is 12.2.